The summed E-state index contributed by atoms with van der Waals surface area (Å²) < 4.78 is 8.34. The molecule has 136 valence electrons. The maximum Gasteiger partial charge on any atom is 0.350 e. The predicted octanol–water partition coefficient (Wildman–Crippen LogP) is 1.78. The topological polar surface area (TPSA) is 77.6 Å². The number of aromatic nitrogens is 3. The molecule has 26 heavy (non-hydrogen) atoms. The van der Waals surface area contributed by atoms with E-state index in [4.69, 9.17) is 4.74 Å². The van der Waals surface area contributed by atoms with Crippen LogP contribution in [0.2, 0.25) is 0 Å². The van der Waals surface area contributed by atoms with Gasteiger partial charge in [-0.15, -0.1) is 5.10 Å². The molecule has 1 N–H and O–H groups in total. The summed E-state index contributed by atoms with van der Waals surface area (Å²) in [7, 11) is 0. The van der Waals surface area contributed by atoms with Crippen LogP contribution in [0.3, 0.4) is 0 Å². The average Bonchev–Trinajstić information content (AvgIpc) is 2.98. The first-order valence-electron chi connectivity index (χ1n) is 8.62. The Hall–Kier alpha value is -2.93. The number of hydrogen-bond donors (Lipinski definition) is 1. The highest BCUT2D eigenvalue weighted by Gasteiger charge is 2.10. The number of nitrogens with one attached hydrogen (secondary N) is 1. The van der Waals surface area contributed by atoms with Gasteiger partial charge in [0.05, 0.1) is 6.10 Å². The highest BCUT2D eigenvalue weighted by molar-refractivity contribution is 5.75. The standard InChI is InChI=1S/C19H22N4O3/c1-15(16-8-3-2-4-9-16)26-13-7-11-20-18(24)14-23-19(25)22-12-6-5-10-17(22)21-23/h2-6,8-10,12,15H,7,11,13-14H2,1H3,(H,20,24). The second-order valence-corrected chi connectivity index (χ2v) is 6.00. The maximum absolute atomic E-state index is 12.1. The Bertz CT molecular complexity index is 917. The number of rotatable bonds is 8. The minimum Gasteiger partial charge on any atom is -0.374 e. The number of hydrogen-bond acceptors (Lipinski definition) is 4. The molecular formula is C19H22N4O3. The highest BCUT2D eigenvalue weighted by Crippen LogP contribution is 2.15. The van der Waals surface area contributed by atoms with E-state index in [1.165, 1.54) is 9.08 Å². The van der Waals surface area contributed by atoms with Crippen molar-refractivity contribution >= 4 is 11.6 Å². The fraction of sp³-hybridized carbons (Fsp3) is 0.316. The number of pyridine rings is 1. The fourth-order valence-corrected chi connectivity index (χ4v) is 2.64. The number of fused-ring (bicyclic) bond motifs is 1. The Labute approximate surface area is 151 Å². The third kappa shape index (κ3) is 4.37. The van der Waals surface area contributed by atoms with Gasteiger partial charge in [-0.05, 0) is 31.0 Å². The number of carbonyl (C=O) groups excluding carboxylic acids is 1. The van der Waals surface area contributed by atoms with Gasteiger partial charge in [0.25, 0.3) is 0 Å². The molecule has 0 fully saturated rings. The van der Waals surface area contributed by atoms with Crippen molar-refractivity contribution in [3.8, 4) is 0 Å². The van der Waals surface area contributed by atoms with E-state index in [-0.39, 0.29) is 24.2 Å². The normalized spacial score (nSPS) is 12.2. The molecule has 7 heteroatoms. The van der Waals surface area contributed by atoms with Crippen molar-refractivity contribution in [3.05, 3.63) is 70.8 Å². The van der Waals surface area contributed by atoms with Crippen LogP contribution < -0.4 is 11.0 Å². The monoisotopic (exact) mass is 354 g/mol. The van der Waals surface area contributed by atoms with Gasteiger partial charge < -0.3 is 10.1 Å². The molecule has 7 nitrogen and oxygen atoms in total. The van der Waals surface area contributed by atoms with Gasteiger partial charge in [-0.1, -0.05) is 36.4 Å². The van der Waals surface area contributed by atoms with Crippen molar-refractivity contribution in [2.45, 2.75) is 26.0 Å². The Balaban J connectivity index is 1.40. The second kappa shape index (κ2) is 8.44. The van der Waals surface area contributed by atoms with Crippen LogP contribution in [0, 0.1) is 0 Å². The summed E-state index contributed by atoms with van der Waals surface area (Å²) in [5.41, 5.74) is 1.33. The Kier molecular flexibility index (Phi) is 5.80. The molecule has 3 aromatic rings. The number of ether oxygens (including phenoxy) is 1. The Morgan fingerprint density at radius 3 is 2.73 bits per heavy atom. The van der Waals surface area contributed by atoms with Gasteiger partial charge in [-0.25, -0.2) is 9.48 Å². The molecule has 0 bridgehead atoms. The summed E-state index contributed by atoms with van der Waals surface area (Å²) >= 11 is 0. The van der Waals surface area contributed by atoms with Crippen LogP contribution in [0.15, 0.2) is 59.5 Å². The molecule has 2 aromatic heterocycles. The lowest BCUT2D eigenvalue weighted by molar-refractivity contribution is -0.121. The predicted molar refractivity (Wildman–Crippen MR) is 97.9 cm³/mol. The summed E-state index contributed by atoms with van der Waals surface area (Å²) in [6.45, 7) is 2.94. The van der Waals surface area contributed by atoms with Gasteiger partial charge in [0.2, 0.25) is 5.91 Å². The zero-order valence-corrected chi connectivity index (χ0v) is 14.7. The zero-order valence-electron chi connectivity index (χ0n) is 14.7. The van der Waals surface area contributed by atoms with Crippen LogP contribution >= 0.6 is 0 Å². The zero-order chi connectivity index (χ0) is 18.4. The minimum atomic E-state index is -0.323. The molecule has 0 aliphatic rings. The first kappa shape index (κ1) is 17.9. The molecule has 3 rings (SSSR count). The molecule has 0 aliphatic heterocycles. The smallest absolute Gasteiger partial charge is 0.350 e. The van der Waals surface area contributed by atoms with E-state index in [1.807, 2.05) is 37.3 Å². The van der Waals surface area contributed by atoms with Crippen molar-refractivity contribution in [3.63, 3.8) is 0 Å². The SMILES string of the molecule is CC(OCCCNC(=O)Cn1nc2ccccn2c1=O)c1ccccc1. The van der Waals surface area contributed by atoms with Crippen LogP contribution in [0.1, 0.15) is 25.0 Å². The molecule has 0 spiro atoms. The highest BCUT2D eigenvalue weighted by atomic mass is 16.5. The molecule has 1 amide bonds. The molecule has 0 saturated carbocycles. The summed E-state index contributed by atoms with van der Waals surface area (Å²) in [5, 5.41) is 6.92. The van der Waals surface area contributed by atoms with Gasteiger partial charge >= 0.3 is 5.69 Å². The van der Waals surface area contributed by atoms with E-state index in [2.05, 4.69) is 10.4 Å². The summed E-state index contributed by atoms with van der Waals surface area (Å²) in [4.78, 5) is 24.1. The van der Waals surface area contributed by atoms with E-state index in [0.717, 1.165) is 5.56 Å². The molecular weight excluding hydrogens is 332 g/mol. The number of amides is 1. The maximum atomic E-state index is 12.1. The van der Waals surface area contributed by atoms with Crippen LogP contribution in [0.25, 0.3) is 5.65 Å². The Morgan fingerprint density at radius 1 is 1.19 bits per heavy atom. The first-order valence-corrected chi connectivity index (χ1v) is 8.62. The van der Waals surface area contributed by atoms with Crippen molar-refractivity contribution in [1.82, 2.24) is 19.5 Å². The second-order valence-electron chi connectivity index (χ2n) is 6.00. The third-order valence-corrected chi connectivity index (χ3v) is 4.06. The van der Waals surface area contributed by atoms with Crippen LogP contribution in [-0.4, -0.2) is 33.2 Å². The molecule has 1 aromatic carbocycles. The molecule has 0 radical (unpaired) electrons. The van der Waals surface area contributed by atoms with E-state index in [0.29, 0.717) is 25.2 Å². The van der Waals surface area contributed by atoms with Gasteiger partial charge in [-0.2, -0.15) is 0 Å². The third-order valence-electron chi connectivity index (χ3n) is 4.06. The first-order chi connectivity index (χ1) is 12.6. The van der Waals surface area contributed by atoms with E-state index >= 15 is 0 Å². The molecule has 0 aliphatic carbocycles. The number of benzene rings is 1. The number of nitrogens with zero attached hydrogens (tertiary/aromatic N) is 3. The summed E-state index contributed by atoms with van der Waals surface area (Å²) in [6.07, 6.45) is 2.34. The molecule has 0 saturated heterocycles. The summed E-state index contributed by atoms with van der Waals surface area (Å²) in [5.74, 6) is -0.244. The minimum absolute atomic E-state index is 0.0171. The van der Waals surface area contributed by atoms with Gasteiger partial charge in [0.15, 0.2) is 5.65 Å². The van der Waals surface area contributed by atoms with Crippen molar-refractivity contribution in [1.29, 1.82) is 0 Å². The van der Waals surface area contributed by atoms with Crippen LogP contribution in [0.4, 0.5) is 0 Å². The van der Waals surface area contributed by atoms with Crippen molar-refractivity contribution in [2.24, 2.45) is 0 Å². The van der Waals surface area contributed by atoms with Crippen LogP contribution in [0.5, 0.6) is 0 Å². The molecule has 1 atom stereocenters. The molecule has 2 heterocycles. The lowest BCUT2D eigenvalue weighted by Crippen LogP contribution is -2.33. The lowest BCUT2D eigenvalue weighted by atomic mass is 10.1. The molecule has 1 unspecified atom stereocenters. The van der Waals surface area contributed by atoms with Crippen molar-refractivity contribution in [2.75, 3.05) is 13.2 Å². The largest absolute Gasteiger partial charge is 0.374 e. The van der Waals surface area contributed by atoms with Gasteiger partial charge in [-0.3, -0.25) is 9.20 Å². The quantitative estimate of drug-likeness (QED) is 0.626. The van der Waals surface area contributed by atoms with Crippen LogP contribution in [-0.2, 0) is 16.1 Å². The fourth-order valence-electron chi connectivity index (χ4n) is 2.64. The number of carbonyl (C=O) groups is 1. The average molecular weight is 354 g/mol. The van der Waals surface area contributed by atoms with E-state index in [9.17, 15) is 9.59 Å². The Morgan fingerprint density at radius 2 is 1.96 bits per heavy atom. The van der Waals surface area contributed by atoms with Gasteiger partial charge in [0.1, 0.15) is 6.54 Å². The van der Waals surface area contributed by atoms with Crippen molar-refractivity contribution < 1.29 is 9.53 Å². The van der Waals surface area contributed by atoms with E-state index < -0.39 is 0 Å². The summed E-state index contributed by atoms with van der Waals surface area (Å²) in [6, 6.07) is 15.3. The lowest BCUT2D eigenvalue weighted by Gasteiger charge is -2.13. The van der Waals surface area contributed by atoms with Gasteiger partial charge in [0, 0.05) is 19.3 Å². The van der Waals surface area contributed by atoms with E-state index in [1.54, 1.807) is 24.4 Å².